The number of benzene rings is 2. The molecule has 6 nitrogen and oxygen atoms in total. The van der Waals surface area contributed by atoms with Crippen LogP contribution in [0.5, 0.6) is 0 Å². The number of rotatable bonds is 5. The first-order chi connectivity index (χ1) is 12.6. The normalized spacial score (nSPS) is 19.4. The van der Waals surface area contributed by atoms with E-state index >= 15 is 0 Å². The van der Waals surface area contributed by atoms with Gasteiger partial charge in [0.15, 0.2) is 0 Å². The maximum Gasteiger partial charge on any atom is 0.307 e. The van der Waals surface area contributed by atoms with E-state index in [0.717, 1.165) is 5.69 Å². The highest BCUT2D eigenvalue weighted by atomic mass is 16.4. The summed E-state index contributed by atoms with van der Waals surface area (Å²) in [7, 11) is 0. The lowest BCUT2D eigenvalue weighted by molar-refractivity contribution is -0.146. The number of anilines is 1. The summed E-state index contributed by atoms with van der Waals surface area (Å²) in [4.78, 5) is 23.7. The third-order valence-electron chi connectivity index (χ3n) is 4.26. The van der Waals surface area contributed by atoms with Gasteiger partial charge < -0.3 is 10.4 Å². The zero-order valence-corrected chi connectivity index (χ0v) is 14.1. The van der Waals surface area contributed by atoms with Gasteiger partial charge in [0.25, 0.3) is 0 Å². The number of carbonyl (C=O) groups is 2. The molecule has 1 aliphatic rings. The molecular weight excluding hydrogens is 330 g/mol. The van der Waals surface area contributed by atoms with E-state index < -0.39 is 17.8 Å². The molecule has 3 rings (SSSR count). The van der Waals surface area contributed by atoms with Crippen molar-refractivity contribution in [3.63, 3.8) is 0 Å². The number of carbonyl (C=O) groups excluding carboxylic acids is 1. The third kappa shape index (κ3) is 4.42. The second-order valence-electron chi connectivity index (χ2n) is 6.07. The van der Waals surface area contributed by atoms with Crippen molar-refractivity contribution < 1.29 is 14.7 Å². The molecule has 26 heavy (non-hydrogen) atoms. The minimum atomic E-state index is -0.939. The first kappa shape index (κ1) is 17.5. The van der Waals surface area contributed by atoms with E-state index in [4.69, 9.17) is 0 Å². The quantitative estimate of drug-likeness (QED) is 0.605. The van der Waals surface area contributed by atoms with E-state index in [1.807, 2.05) is 42.5 Å². The Morgan fingerprint density at radius 1 is 0.846 bits per heavy atom. The molecule has 2 aromatic carbocycles. The van der Waals surface area contributed by atoms with Crippen LogP contribution in [0.2, 0.25) is 0 Å². The molecule has 2 atom stereocenters. The standard InChI is InChI=1S/C20H19N3O3/c24-19(17-8-4-5-9-18(17)20(25)26)21-14-10-12-16(13-11-14)23-22-15-6-2-1-3-7-15/h1-7,10-13,17-18H,8-9H2,(H,21,24)(H,25,26)/t17-,18-/m1/s1. The van der Waals surface area contributed by atoms with Crippen LogP contribution in [-0.2, 0) is 9.59 Å². The summed E-state index contributed by atoms with van der Waals surface area (Å²) in [5, 5.41) is 20.3. The summed E-state index contributed by atoms with van der Waals surface area (Å²) in [5.41, 5.74) is 2.03. The zero-order valence-electron chi connectivity index (χ0n) is 14.1. The lowest BCUT2D eigenvalue weighted by atomic mass is 9.82. The molecule has 0 aliphatic heterocycles. The van der Waals surface area contributed by atoms with Crippen LogP contribution in [0, 0.1) is 11.8 Å². The summed E-state index contributed by atoms with van der Waals surface area (Å²) in [5.74, 6) is -2.46. The number of amides is 1. The highest BCUT2D eigenvalue weighted by Crippen LogP contribution is 2.28. The van der Waals surface area contributed by atoms with E-state index in [0.29, 0.717) is 24.2 Å². The monoisotopic (exact) mass is 349 g/mol. The van der Waals surface area contributed by atoms with Gasteiger partial charge in [0.1, 0.15) is 0 Å². The first-order valence-corrected chi connectivity index (χ1v) is 8.39. The Hall–Kier alpha value is -3.28. The first-order valence-electron chi connectivity index (χ1n) is 8.39. The van der Waals surface area contributed by atoms with Gasteiger partial charge in [-0.3, -0.25) is 9.59 Å². The van der Waals surface area contributed by atoms with Crippen LogP contribution in [0.1, 0.15) is 12.8 Å². The van der Waals surface area contributed by atoms with E-state index in [1.54, 1.807) is 24.3 Å². The van der Waals surface area contributed by atoms with Gasteiger partial charge in [-0.05, 0) is 49.2 Å². The number of hydrogen-bond donors (Lipinski definition) is 2. The maximum absolute atomic E-state index is 12.4. The van der Waals surface area contributed by atoms with E-state index in [1.165, 1.54) is 0 Å². The van der Waals surface area contributed by atoms with Crippen molar-refractivity contribution in [2.45, 2.75) is 12.8 Å². The Labute approximate surface area is 151 Å². The molecule has 0 spiro atoms. The van der Waals surface area contributed by atoms with Crippen LogP contribution in [-0.4, -0.2) is 17.0 Å². The molecule has 2 aromatic rings. The van der Waals surface area contributed by atoms with Gasteiger partial charge in [-0.15, -0.1) is 0 Å². The van der Waals surface area contributed by atoms with Crippen LogP contribution in [0.3, 0.4) is 0 Å². The second-order valence-corrected chi connectivity index (χ2v) is 6.07. The maximum atomic E-state index is 12.4. The lowest BCUT2D eigenvalue weighted by Crippen LogP contribution is -2.34. The van der Waals surface area contributed by atoms with Gasteiger partial charge in [0.2, 0.25) is 5.91 Å². The minimum absolute atomic E-state index is 0.277. The number of carboxylic acids is 1. The molecular formula is C20H19N3O3. The molecule has 132 valence electrons. The van der Waals surface area contributed by atoms with Gasteiger partial charge >= 0.3 is 5.97 Å². The fourth-order valence-electron chi connectivity index (χ4n) is 2.83. The topological polar surface area (TPSA) is 91.1 Å². The van der Waals surface area contributed by atoms with Crippen molar-refractivity contribution in [2.24, 2.45) is 22.1 Å². The van der Waals surface area contributed by atoms with Crippen LogP contribution in [0.15, 0.2) is 77.0 Å². The molecule has 1 amide bonds. The molecule has 0 unspecified atom stereocenters. The van der Waals surface area contributed by atoms with Gasteiger partial charge in [0, 0.05) is 5.69 Å². The van der Waals surface area contributed by atoms with Crippen molar-refractivity contribution in [2.75, 3.05) is 5.32 Å². The van der Waals surface area contributed by atoms with Crippen molar-refractivity contribution >= 4 is 28.9 Å². The SMILES string of the molecule is O=C(O)[C@@H]1CC=CC[C@H]1C(=O)Nc1ccc(N=Nc2ccccc2)cc1. The molecule has 0 heterocycles. The fourth-order valence-corrected chi connectivity index (χ4v) is 2.83. The van der Waals surface area contributed by atoms with Crippen LogP contribution in [0.25, 0.3) is 0 Å². The zero-order chi connectivity index (χ0) is 18.4. The highest BCUT2D eigenvalue weighted by Gasteiger charge is 2.33. The number of allylic oxidation sites excluding steroid dienone is 2. The van der Waals surface area contributed by atoms with Gasteiger partial charge in [-0.2, -0.15) is 10.2 Å². The molecule has 0 bridgehead atoms. The highest BCUT2D eigenvalue weighted by molar-refractivity contribution is 5.95. The number of aliphatic carboxylic acids is 1. The Morgan fingerprint density at radius 2 is 1.42 bits per heavy atom. The smallest absolute Gasteiger partial charge is 0.307 e. The van der Waals surface area contributed by atoms with Crippen LogP contribution in [0.4, 0.5) is 17.1 Å². The van der Waals surface area contributed by atoms with E-state index in [2.05, 4.69) is 15.5 Å². The van der Waals surface area contributed by atoms with E-state index in [9.17, 15) is 14.7 Å². The molecule has 0 radical (unpaired) electrons. The van der Waals surface area contributed by atoms with Gasteiger partial charge in [0.05, 0.1) is 23.2 Å². The van der Waals surface area contributed by atoms with E-state index in [-0.39, 0.29) is 5.91 Å². The Kier molecular flexibility index (Phi) is 5.53. The molecule has 0 saturated carbocycles. The molecule has 0 fully saturated rings. The number of nitrogens with one attached hydrogen (secondary N) is 1. The number of nitrogens with zero attached hydrogens (tertiary/aromatic N) is 2. The van der Waals surface area contributed by atoms with Crippen LogP contribution < -0.4 is 5.32 Å². The predicted molar refractivity (Wildman–Crippen MR) is 98.7 cm³/mol. The molecule has 2 N–H and O–H groups in total. The predicted octanol–water partition coefficient (Wildman–Crippen LogP) is 4.71. The van der Waals surface area contributed by atoms with Crippen molar-refractivity contribution in [3.8, 4) is 0 Å². The molecule has 1 aliphatic carbocycles. The average Bonchev–Trinajstić information content (AvgIpc) is 2.68. The summed E-state index contributed by atoms with van der Waals surface area (Å²) < 4.78 is 0. The summed E-state index contributed by atoms with van der Waals surface area (Å²) in [6, 6.07) is 16.3. The Morgan fingerprint density at radius 3 is 2.04 bits per heavy atom. The number of hydrogen-bond acceptors (Lipinski definition) is 4. The third-order valence-corrected chi connectivity index (χ3v) is 4.26. The van der Waals surface area contributed by atoms with Crippen LogP contribution >= 0.6 is 0 Å². The minimum Gasteiger partial charge on any atom is -0.481 e. The molecule has 0 saturated heterocycles. The summed E-state index contributed by atoms with van der Waals surface area (Å²) >= 11 is 0. The molecule has 6 heteroatoms. The van der Waals surface area contributed by atoms with Crippen molar-refractivity contribution in [3.05, 3.63) is 66.7 Å². The molecule has 0 aromatic heterocycles. The Balaban J connectivity index is 1.63. The number of carboxylic acid groups (broad SMARTS) is 1. The summed E-state index contributed by atoms with van der Waals surface area (Å²) in [6.07, 6.45) is 4.49. The second kappa shape index (κ2) is 8.20. The fraction of sp³-hybridized carbons (Fsp3) is 0.200. The van der Waals surface area contributed by atoms with Gasteiger partial charge in [-0.25, -0.2) is 0 Å². The van der Waals surface area contributed by atoms with Crippen molar-refractivity contribution in [1.82, 2.24) is 0 Å². The summed E-state index contributed by atoms with van der Waals surface area (Å²) in [6.45, 7) is 0. The average molecular weight is 349 g/mol. The number of azo groups is 1. The Bertz CT molecular complexity index is 829. The lowest BCUT2D eigenvalue weighted by Gasteiger charge is -2.24. The van der Waals surface area contributed by atoms with Gasteiger partial charge in [-0.1, -0.05) is 30.4 Å². The van der Waals surface area contributed by atoms with Crippen molar-refractivity contribution in [1.29, 1.82) is 0 Å². The largest absolute Gasteiger partial charge is 0.481 e.